The standard InChI is InChI=1S/C21H34N2O3/c1-14(2)10-19(22)21(26,20(24)25)12-18-11-17(15(3)13-23-18)7-5-4-6-16-8-9-16/h11,13-14,16,19,26H,4-10,12,22H2,1-3H3,(H,24,25)/t19-,21+/m0/s1. The minimum absolute atomic E-state index is 0.0639. The molecule has 1 aromatic heterocycles. The van der Waals surface area contributed by atoms with Crippen LogP contribution < -0.4 is 5.73 Å². The van der Waals surface area contributed by atoms with Crippen LogP contribution in [0.5, 0.6) is 0 Å². The molecule has 1 saturated carbocycles. The molecule has 0 radical (unpaired) electrons. The van der Waals surface area contributed by atoms with Crippen molar-refractivity contribution in [3.05, 3.63) is 29.1 Å². The maximum Gasteiger partial charge on any atom is 0.337 e. The number of nitrogens with zero attached hydrogens (tertiary/aromatic N) is 1. The summed E-state index contributed by atoms with van der Waals surface area (Å²) >= 11 is 0. The number of hydrogen-bond acceptors (Lipinski definition) is 4. The molecular formula is C21H34N2O3. The second-order valence-electron chi connectivity index (χ2n) is 8.43. The SMILES string of the molecule is Cc1cnc(C[C@](O)(C(=O)O)[C@@H](N)CC(C)C)cc1CCCCC1CC1. The van der Waals surface area contributed by atoms with Gasteiger partial charge in [0.2, 0.25) is 0 Å². The van der Waals surface area contributed by atoms with Crippen LogP contribution in [-0.2, 0) is 17.6 Å². The zero-order valence-corrected chi connectivity index (χ0v) is 16.4. The first-order valence-corrected chi connectivity index (χ1v) is 9.88. The molecule has 5 nitrogen and oxygen atoms in total. The van der Waals surface area contributed by atoms with Gasteiger partial charge in [0.05, 0.1) is 0 Å². The van der Waals surface area contributed by atoms with E-state index < -0.39 is 17.6 Å². The second kappa shape index (κ2) is 8.96. The molecule has 26 heavy (non-hydrogen) atoms. The van der Waals surface area contributed by atoms with Gasteiger partial charge in [-0.2, -0.15) is 0 Å². The van der Waals surface area contributed by atoms with Crippen LogP contribution in [0.1, 0.15) is 69.2 Å². The number of pyridine rings is 1. The van der Waals surface area contributed by atoms with E-state index in [2.05, 4.69) is 4.98 Å². The lowest BCUT2D eigenvalue weighted by atomic mass is 9.84. The average Bonchev–Trinajstić information content (AvgIpc) is 3.37. The Bertz CT molecular complexity index is 613. The predicted molar refractivity (Wildman–Crippen MR) is 103 cm³/mol. The highest BCUT2D eigenvalue weighted by Gasteiger charge is 2.43. The van der Waals surface area contributed by atoms with E-state index in [0.717, 1.165) is 24.3 Å². The minimum Gasteiger partial charge on any atom is -0.479 e. The molecule has 0 spiro atoms. The molecule has 0 unspecified atom stereocenters. The third kappa shape index (κ3) is 5.78. The van der Waals surface area contributed by atoms with Gasteiger partial charge >= 0.3 is 5.97 Å². The molecule has 2 atom stereocenters. The summed E-state index contributed by atoms with van der Waals surface area (Å²) in [4.78, 5) is 16.1. The summed E-state index contributed by atoms with van der Waals surface area (Å²) in [5.41, 5.74) is 6.95. The molecule has 0 amide bonds. The van der Waals surface area contributed by atoms with Crippen LogP contribution in [0.25, 0.3) is 0 Å². The number of aromatic nitrogens is 1. The van der Waals surface area contributed by atoms with Crippen molar-refractivity contribution in [1.29, 1.82) is 0 Å². The molecule has 5 heteroatoms. The van der Waals surface area contributed by atoms with Crippen molar-refractivity contribution in [2.24, 2.45) is 17.6 Å². The molecule has 0 aromatic carbocycles. The van der Waals surface area contributed by atoms with Gasteiger partial charge in [-0.1, -0.05) is 39.5 Å². The van der Waals surface area contributed by atoms with Gasteiger partial charge in [0.1, 0.15) is 0 Å². The number of nitrogens with two attached hydrogens (primary N) is 1. The number of aryl methyl sites for hydroxylation is 2. The summed E-state index contributed by atoms with van der Waals surface area (Å²) in [5.74, 6) is -0.111. The van der Waals surface area contributed by atoms with Crippen LogP contribution in [0, 0.1) is 18.8 Å². The van der Waals surface area contributed by atoms with Crippen molar-refractivity contribution in [2.75, 3.05) is 0 Å². The maximum absolute atomic E-state index is 11.7. The number of rotatable bonds is 11. The molecule has 1 aliphatic rings. The van der Waals surface area contributed by atoms with E-state index in [9.17, 15) is 15.0 Å². The number of carboxylic acids is 1. The molecule has 1 fully saturated rings. The summed E-state index contributed by atoms with van der Waals surface area (Å²) in [6, 6.07) is 1.12. The topological polar surface area (TPSA) is 96.4 Å². The van der Waals surface area contributed by atoms with Crippen LogP contribution in [0.3, 0.4) is 0 Å². The number of unbranched alkanes of at least 4 members (excludes halogenated alkanes) is 1. The van der Waals surface area contributed by atoms with Crippen LogP contribution >= 0.6 is 0 Å². The zero-order chi connectivity index (χ0) is 19.3. The molecule has 0 saturated heterocycles. The van der Waals surface area contributed by atoms with Gasteiger partial charge in [-0.25, -0.2) is 4.79 Å². The van der Waals surface area contributed by atoms with Gasteiger partial charge in [-0.15, -0.1) is 0 Å². The molecule has 1 aromatic rings. The molecular weight excluding hydrogens is 328 g/mol. The van der Waals surface area contributed by atoms with Crippen molar-refractivity contribution >= 4 is 5.97 Å². The van der Waals surface area contributed by atoms with E-state index in [1.54, 1.807) is 6.20 Å². The Kier molecular flexibility index (Phi) is 7.18. The zero-order valence-electron chi connectivity index (χ0n) is 16.4. The summed E-state index contributed by atoms with van der Waals surface area (Å²) in [7, 11) is 0. The maximum atomic E-state index is 11.7. The number of aliphatic carboxylic acids is 1. The second-order valence-corrected chi connectivity index (χ2v) is 8.43. The van der Waals surface area contributed by atoms with Gasteiger partial charge in [0.25, 0.3) is 0 Å². The van der Waals surface area contributed by atoms with Crippen LogP contribution in [0.2, 0.25) is 0 Å². The van der Waals surface area contributed by atoms with Gasteiger partial charge in [0.15, 0.2) is 5.60 Å². The fraction of sp³-hybridized carbons (Fsp3) is 0.714. The monoisotopic (exact) mass is 362 g/mol. The first kappa shape index (κ1) is 20.8. The van der Waals surface area contributed by atoms with Crippen molar-refractivity contribution < 1.29 is 15.0 Å². The van der Waals surface area contributed by atoms with E-state index in [4.69, 9.17) is 5.73 Å². The molecule has 146 valence electrons. The number of aliphatic hydroxyl groups is 1. The molecule has 1 heterocycles. The summed E-state index contributed by atoms with van der Waals surface area (Å²) in [6.45, 7) is 5.96. The molecule has 2 rings (SSSR count). The van der Waals surface area contributed by atoms with Crippen molar-refractivity contribution in [3.63, 3.8) is 0 Å². The van der Waals surface area contributed by atoms with Crippen molar-refractivity contribution in [1.82, 2.24) is 4.98 Å². The van der Waals surface area contributed by atoms with Crippen molar-refractivity contribution in [2.45, 2.75) is 83.8 Å². The van der Waals surface area contributed by atoms with E-state index in [-0.39, 0.29) is 12.3 Å². The Labute approximate surface area is 157 Å². The summed E-state index contributed by atoms with van der Waals surface area (Å²) in [6.07, 6.45) is 9.61. The van der Waals surface area contributed by atoms with Crippen LogP contribution in [-0.4, -0.2) is 32.8 Å². The molecule has 1 aliphatic carbocycles. The highest BCUT2D eigenvalue weighted by Crippen LogP contribution is 2.34. The fourth-order valence-corrected chi connectivity index (χ4v) is 3.48. The smallest absolute Gasteiger partial charge is 0.337 e. The average molecular weight is 363 g/mol. The Morgan fingerprint density at radius 2 is 2.08 bits per heavy atom. The predicted octanol–water partition coefficient (Wildman–Crippen LogP) is 3.24. The third-order valence-corrected chi connectivity index (χ3v) is 5.44. The Morgan fingerprint density at radius 3 is 2.65 bits per heavy atom. The highest BCUT2D eigenvalue weighted by molar-refractivity contribution is 5.78. The normalized spacial score (nSPS) is 17.9. The van der Waals surface area contributed by atoms with Crippen LogP contribution in [0.4, 0.5) is 0 Å². The lowest BCUT2D eigenvalue weighted by molar-refractivity contribution is -0.161. The van der Waals surface area contributed by atoms with Gasteiger partial charge in [0, 0.05) is 24.4 Å². The third-order valence-electron chi connectivity index (χ3n) is 5.44. The Balaban J connectivity index is 2.05. The van der Waals surface area contributed by atoms with Gasteiger partial charge in [-0.05, 0) is 55.2 Å². The Morgan fingerprint density at radius 1 is 1.38 bits per heavy atom. The number of carbonyl (C=O) groups is 1. The summed E-state index contributed by atoms with van der Waals surface area (Å²) in [5, 5.41) is 20.3. The van der Waals surface area contributed by atoms with E-state index in [1.807, 2.05) is 26.8 Å². The first-order valence-electron chi connectivity index (χ1n) is 9.88. The van der Waals surface area contributed by atoms with Gasteiger partial charge < -0.3 is 15.9 Å². The first-order chi connectivity index (χ1) is 12.2. The quantitative estimate of drug-likeness (QED) is 0.525. The number of carboxylic acid groups (broad SMARTS) is 1. The lowest BCUT2D eigenvalue weighted by Gasteiger charge is -2.30. The highest BCUT2D eigenvalue weighted by atomic mass is 16.4. The lowest BCUT2D eigenvalue weighted by Crippen LogP contribution is -2.56. The van der Waals surface area contributed by atoms with Gasteiger partial charge in [-0.3, -0.25) is 4.98 Å². The van der Waals surface area contributed by atoms with E-state index >= 15 is 0 Å². The number of hydrogen-bond donors (Lipinski definition) is 3. The minimum atomic E-state index is -1.99. The largest absolute Gasteiger partial charge is 0.479 e. The summed E-state index contributed by atoms with van der Waals surface area (Å²) < 4.78 is 0. The fourth-order valence-electron chi connectivity index (χ4n) is 3.48. The van der Waals surface area contributed by atoms with E-state index in [0.29, 0.717) is 12.1 Å². The van der Waals surface area contributed by atoms with Crippen LogP contribution in [0.15, 0.2) is 12.3 Å². The van der Waals surface area contributed by atoms with Crippen molar-refractivity contribution in [3.8, 4) is 0 Å². The van der Waals surface area contributed by atoms with E-state index in [1.165, 1.54) is 31.2 Å². The molecule has 0 bridgehead atoms. The Hall–Kier alpha value is -1.46. The molecule has 0 aliphatic heterocycles. The molecule has 4 N–H and O–H groups in total.